The molecule has 12 heteroatoms. The summed E-state index contributed by atoms with van der Waals surface area (Å²) in [5.41, 5.74) is 1.11. The number of aryl methyl sites for hydroxylation is 2. The molecule has 0 spiro atoms. The maximum absolute atomic E-state index is 15.2. The number of rotatable bonds is 3. The predicted octanol–water partition coefficient (Wildman–Crippen LogP) is 4.71. The van der Waals surface area contributed by atoms with Crippen molar-refractivity contribution in [2.24, 2.45) is 7.05 Å². The fourth-order valence-corrected chi connectivity index (χ4v) is 5.34. The lowest BCUT2D eigenvalue weighted by Gasteiger charge is -2.40. The number of pyridine rings is 1. The van der Waals surface area contributed by atoms with E-state index in [2.05, 4.69) is 5.10 Å². The molecule has 2 aliphatic rings. The van der Waals surface area contributed by atoms with Gasteiger partial charge in [-0.25, -0.2) is 14.2 Å². The standard InChI is InChI=1S/C28H31ClFN5O5/c1-15-17(13-33(5)32-15)23-21-25(22(29)24(31-23)20-18(30)8-7-9-19(20)38-6)39-14-16-12-34(10-11-35(16)26(21)36)27(37)40-28(2,3)4/h7-9,13,16H,10-12,14H2,1-6H3/t16-/m1/s1. The molecule has 2 amide bonds. The number of aromatic nitrogens is 3. The van der Waals surface area contributed by atoms with Gasteiger partial charge in [0.2, 0.25) is 0 Å². The second-order valence-electron chi connectivity index (χ2n) is 10.8. The Labute approximate surface area is 236 Å². The van der Waals surface area contributed by atoms with Gasteiger partial charge in [-0.3, -0.25) is 9.48 Å². The molecular formula is C28H31ClFN5O5. The van der Waals surface area contributed by atoms with E-state index in [9.17, 15) is 9.59 Å². The van der Waals surface area contributed by atoms with Gasteiger partial charge in [-0.15, -0.1) is 0 Å². The van der Waals surface area contributed by atoms with E-state index < -0.39 is 23.6 Å². The molecule has 0 N–H and O–H groups in total. The molecule has 1 atom stereocenters. The first-order valence-electron chi connectivity index (χ1n) is 12.9. The Hall–Kier alpha value is -3.86. The summed E-state index contributed by atoms with van der Waals surface area (Å²) in [5.74, 6) is -0.610. The number of piperazine rings is 1. The lowest BCUT2D eigenvalue weighted by molar-refractivity contribution is 0.000957. The monoisotopic (exact) mass is 571 g/mol. The normalized spacial score (nSPS) is 17.1. The second kappa shape index (κ2) is 10.3. The number of carbonyl (C=O) groups is 2. The van der Waals surface area contributed by atoms with E-state index in [0.29, 0.717) is 17.8 Å². The lowest BCUT2D eigenvalue weighted by atomic mass is 10.0. The van der Waals surface area contributed by atoms with Gasteiger partial charge in [0.15, 0.2) is 5.75 Å². The quantitative estimate of drug-likeness (QED) is 0.449. The average Bonchev–Trinajstić information content (AvgIpc) is 3.15. The van der Waals surface area contributed by atoms with E-state index in [4.69, 9.17) is 30.8 Å². The van der Waals surface area contributed by atoms with E-state index in [1.807, 2.05) is 0 Å². The highest BCUT2D eigenvalue weighted by molar-refractivity contribution is 6.35. The van der Waals surface area contributed by atoms with E-state index in [1.54, 1.807) is 61.5 Å². The molecule has 0 bridgehead atoms. The molecule has 1 saturated heterocycles. The van der Waals surface area contributed by atoms with Crippen molar-refractivity contribution < 1.29 is 28.2 Å². The van der Waals surface area contributed by atoms with Crippen LogP contribution in [0.4, 0.5) is 9.18 Å². The second-order valence-corrected chi connectivity index (χ2v) is 11.2. The summed E-state index contributed by atoms with van der Waals surface area (Å²) in [6, 6.07) is 3.95. The summed E-state index contributed by atoms with van der Waals surface area (Å²) < 4.78 is 34.0. The fourth-order valence-electron chi connectivity index (χ4n) is 5.05. The summed E-state index contributed by atoms with van der Waals surface area (Å²) in [7, 11) is 3.19. The molecule has 0 aliphatic carbocycles. The zero-order valence-electron chi connectivity index (χ0n) is 23.2. The summed E-state index contributed by atoms with van der Waals surface area (Å²) >= 11 is 6.87. The number of ether oxygens (including phenoxy) is 3. The minimum atomic E-state index is -0.653. The highest BCUT2D eigenvalue weighted by Crippen LogP contribution is 2.46. The number of halogens is 2. The number of hydrogen-bond acceptors (Lipinski definition) is 7. The van der Waals surface area contributed by atoms with Crippen molar-refractivity contribution in [2.45, 2.75) is 39.3 Å². The van der Waals surface area contributed by atoms with Crippen molar-refractivity contribution in [3.05, 3.63) is 46.5 Å². The largest absolute Gasteiger partial charge is 0.496 e. The van der Waals surface area contributed by atoms with Crippen LogP contribution < -0.4 is 9.47 Å². The van der Waals surface area contributed by atoms with Crippen LogP contribution in [-0.4, -0.2) is 81.6 Å². The molecule has 1 aromatic carbocycles. The van der Waals surface area contributed by atoms with E-state index in [0.717, 1.165) is 0 Å². The Kier molecular flexibility index (Phi) is 7.11. The van der Waals surface area contributed by atoms with Crippen molar-refractivity contribution in [2.75, 3.05) is 33.4 Å². The van der Waals surface area contributed by atoms with Crippen molar-refractivity contribution in [1.82, 2.24) is 24.6 Å². The summed E-state index contributed by atoms with van der Waals surface area (Å²) in [6.07, 6.45) is 1.28. The molecular weight excluding hydrogens is 541 g/mol. The Morgan fingerprint density at radius 2 is 1.95 bits per heavy atom. The molecule has 2 aliphatic heterocycles. The van der Waals surface area contributed by atoms with Gasteiger partial charge in [0.25, 0.3) is 5.91 Å². The summed E-state index contributed by atoms with van der Waals surface area (Å²) in [6.45, 7) is 8.03. The maximum atomic E-state index is 15.2. The first-order chi connectivity index (χ1) is 18.9. The average molecular weight is 572 g/mol. The molecule has 40 heavy (non-hydrogen) atoms. The Bertz CT molecular complexity index is 1500. The van der Waals surface area contributed by atoms with Crippen LogP contribution in [0.3, 0.4) is 0 Å². The van der Waals surface area contributed by atoms with Gasteiger partial charge in [0.05, 0.1) is 30.1 Å². The van der Waals surface area contributed by atoms with Crippen LogP contribution in [0, 0.1) is 12.7 Å². The highest BCUT2D eigenvalue weighted by Gasteiger charge is 2.41. The number of nitrogens with zero attached hydrogens (tertiary/aromatic N) is 5. The zero-order valence-corrected chi connectivity index (χ0v) is 24.0. The molecule has 10 nitrogen and oxygen atoms in total. The van der Waals surface area contributed by atoms with Crippen LogP contribution in [0.25, 0.3) is 22.5 Å². The maximum Gasteiger partial charge on any atom is 0.410 e. The summed E-state index contributed by atoms with van der Waals surface area (Å²) in [4.78, 5) is 34.9. The number of fused-ring (bicyclic) bond motifs is 2. The molecule has 3 aromatic rings. The predicted molar refractivity (Wildman–Crippen MR) is 146 cm³/mol. The van der Waals surface area contributed by atoms with Crippen LogP contribution in [0.15, 0.2) is 24.4 Å². The number of carbonyl (C=O) groups excluding carboxylic acids is 2. The van der Waals surface area contributed by atoms with Crippen molar-refractivity contribution >= 4 is 23.6 Å². The first kappa shape index (κ1) is 27.7. The van der Waals surface area contributed by atoms with Crippen molar-refractivity contribution in [1.29, 1.82) is 0 Å². The number of amides is 2. The molecule has 0 unspecified atom stereocenters. The third-order valence-corrected chi connectivity index (χ3v) is 7.18. The number of hydrogen-bond donors (Lipinski definition) is 0. The first-order valence-corrected chi connectivity index (χ1v) is 13.3. The van der Waals surface area contributed by atoms with Gasteiger partial charge < -0.3 is 24.0 Å². The van der Waals surface area contributed by atoms with Gasteiger partial charge in [-0.05, 0) is 39.8 Å². The van der Waals surface area contributed by atoms with Gasteiger partial charge in [0, 0.05) is 38.4 Å². The Morgan fingerprint density at radius 3 is 2.60 bits per heavy atom. The van der Waals surface area contributed by atoms with Crippen LogP contribution in [0.1, 0.15) is 36.8 Å². The zero-order chi connectivity index (χ0) is 28.9. The smallest absolute Gasteiger partial charge is 0.410 e. The van der Waals surface area contributed by atoms with Crippen LogP contribution in [0.2, 0.25) is 5.02 Å². The molecule has 1 fully saturated rings. The van der Waals surface area contributed by atoms with E-state index in [-0.39, 0.29) is 64.6 Å². The minimum Gasteiger partial charge on any atom is -0.496 e. The van der Waals surface area contributed by atoms with Crippen LogP contribution >= 0.6 is 11.6 Å². The van der Waals surface area contributed by atoms with Crippen LogP contribution in [0.5, 0.6) is 11.5 Å². The molecule has 5 rings (SSSR count). The van der Waals surface area contributed by atoms with E-state index in [1.165, 1.54) is 19.2 Å². The molecule has 2 aromatic heterocycles. The lowest BCUT2D eigenvalue weighted by Crippen LogP contribution is -2.58. The Balaban J connectivity index is 1.64. The molecule has 4 heterocycles. The van der Waals surface area contributed by atoms with Crippen molar-refractivity contribution in [3.63, 3.8) is 0 Å². The third-order valence-electron chi connectivity index (χ3n) is 6.82. The van der Waals surface area contributed by atoms with Gasteiger partial charge in [-0.1, -0.05) is 17.7 Å². The SMILES string of the molecule is COc1cccc(F)c1-c1nc(-c2cn(C)nc2C)c2c(c1Cl)OC[C@H]1CN(C(=O)OC(C)(C)C)CCN1C2=O. The van der Waals surface area contributed by atoms with Crippen LogP contribution in [-0.2, 0) is 11.8 Å². The number of methoxy groups -OCH3 is 1. The van der Waals surface area contributed by atoms with E-state index >= 15 is 4.39 Å². The van der Waals surface area contributed by atoms with Gasteiger partial charge in [-0.2, -0.15) is 5.10 Å². The van der Waals surface area contributed by atoms with Crippen molar-refractivity contribution in [3.8, 4) is 34.0 Å². The minimum absolute atomic E-state index is 0.0131. The number of benzene rings is 1. The Morgan fingerprint density at radius 1 is 1.20 bits per heavy atom. The van der Waals surface area contributed by atoms with Gasteiger partial charge in [0.1, 0.15) is 40.1 Å². The third kappa shape index (κ3) is 4.94. The molecule has 212 valence electrons. The van der Waals surface area contributed by atoms with Gasteiger partial charge >= 0.3 is 6.09 Å². The topological polar surface area (TPSA) is 99.0 Å². The molecule has 0 saturated carbocycles. The summed E-state index contributed by atoms with van der Waals surface area (Å²) in [5, 5.41) is 4.41. The molecule has 0 radical (unpaired) electrons. The fraction of sp³-hybridized carbons (Fsp3) is 0.429. The highest BCUT2D eigenvalue weighted by atomic mass is 35.5.